The SMILES string of the molecule is CONC1/C(=C/c2ccc(-n3cnc(C)c3)c(OC)c2)CCC2=NCCC(C)(c3ccccc3)N21. The zero-order chi connectivity index (χ0) is 24.4. The van der Waals surface area contributed by atoms with Crippen molar-refractivity contribution in [3.63, 3.8) is 0 Å². The van der Waals surface area contributed by atoms with Crippen molar-refractivity contribution in [2.45, 2.75) is 44.8 Å². The molecule has 1 saturated heterocycles. The molecule has 3 aromatic rings. The Labute approximate surface area is 207 Å². The van der Waals surface area contributed by atoms with E-state index in [1.165, 1.54) is 11.1 Å². The van der Waals surface area contributed by atoms with E-state index < -0.39 is 0 Å². The van der Waals surface area contributed by atoms with Gasteiger partial charge in [0.05, 0.1) is 37.5 Å². The number of aliphatic imine (C=N–C) groups is 1. The van der Waals surface area contributed by atoms with Crippen LogP contribution in [0.15, 0.2) is 71.6 Å². The van der Waals surface area contributed by atoms with Gasteiger partial charge in [-0.2, -0.15) is 5.48 Å². The molecule has 2 aliphatic heterocycles. The highest BCUT2D eigenvalue weighted by atomic mass is 16.6. The molecule has 0 aliphatic carbocycles. The van der Waals surface area contributed by atoms with Crippen molar-refractivity contribution in [3.05, 3.63) is 83.4 Å². The first kappa shape index (κ1) is 23.3. The number of piperidine rings is 1. The van der Waals surface area contributed by atoms with Crippen LogP contribution in [0.25, 0.3) is 11.8 Å². The van der Waals surface area contributed by atoms with Crippen molar-refractivity contribution in [2.75, 3.05) is 20.8 Å². The molecule has 0 radical (unpaired) electrons. The number of hydrogen-bond acceptors (Lipinski definition) is 6. The van der Waals surface area contributed by atoms with Gasteiger partial charge in [-0.25, -0.2) is 4.98 Å². The summed E-state index contributed by atoms with van der Waals surface area (Å²) >= 11 is 0. The number of aromatic nitrogens is 2. The number of fused-ring (bicyclic) bond motifs is 1. The molecule has 2 atom stereocenters. The largest absolute Gasteiger partial charge is 0.495 e. The number of nitrogens with zero attached hydrogens (tertiary/aromatic N) is 4. The molecule has 5 rings (SSSR count). The van der Waals surface area contributed by atoms with Gasteiger partial charge in [0.25, 0.3) is 0 Å². The maximum atomic E-state index is 5.74. The third kappa shape index (κ3) is 4.37. The summed E-state index contributed by atoms with van der Waals surface area (Å²) in [6.07, 6.45) is 8.69. The van der Waals surface area contributed by atoms with Crippen LogP contribution in [0.2, 0.25) is 0 Å². The lowest BCUT2D eigenvalue weighted by Gasteiger charge is -2.52. The highest BCUT2D eigenvalue weighted by Crippen LogP contribution is 2.41. The number of aryl methyl sites for hydroxylation is 1. The van der Waals surface area contributed by atoms with Crippen molar-refractivity contribution in [3.8, 4) is 11.4 Å². The van der Waals surface area contributed by atoms with Gasteiger partial charge in [-0.15, -0.1) is 0 Å². The molecule has 3 heterocycles. The summed E-state index contributed by atoms with van der Waals surface area (Å²) in [5, 5.41) is 0. The minimum Gasteiger partial charge on any atom is -0.495 e. The second-order valence-corrected chi connectivity index (χ2v) is 9.36. The van der Waals surface area contributed by atoms with E-state index >= 15 is 0 Å². The molecule has 0 saturated carbocycles. The number of hydrogen-bond donors (Lipinski definition) is 1. The van der Waals surface area contributed by atoms with E-state index in [0.717, 1.165) is 54.3 Å². The van der Waals surface area contributed by atoms with Crippen molar-refractivity contribution >= 4 is 11.9 Å². The third-order valence-electron chi connectivity index (χ3n) is 7.12. The van der Waals surface area contributed by atoms with Gasteiger partial charge < -0.3 is 19.0 Å². The van der Waals surface area contributed by atoms with Gasteiger partial charge in [0.2, 0.25) is 0 Å². The molecule has 1 fully saturated rings. The summed E-state index contributed by atoms with van der Waals surface area (Å²) in [6, 6.07) is 17.0. The van der Waals surface area contributed by atoms with Crippen LogP contribution in [0.4, 0.5) is 0 Å². The van der Waals surface area contributed by atoms with Crippen molar-refractivity contribution < 1.29 is 9.57 Å². The fourth-order valence-electron chi connectivity index (χ4n) is 5.31. The number of nitrogens with one attached hydrogen (secondary N) is 1. The third-order valence-corrected chi connectivity index (χ3v) is 7.12. The summed E-state index contributed by atoms with van der Waals surface area (Å²) in [6.45, 7) is 5.13. The van der Waals surface area contributed by atoms with Crippen LogP contribution >= 0.6 is 0 Å². The highest BCUT2D eigenvalue weighted by Gasteiger charge is 2.45. The number of amidine groups is 1. The Bertz CT molecular complexity index is 1250. The highest BCUT2D eigenvalue weighted by molar-refractivity contribution is 5.86. The predicted molar refractivity (Wildman–Crippen MR) is 139 cm³/mol. The van der Waals surface area contributed by atoms with Gasteiger partial charge in [-0.3, -0.25) is 4.99 Å². The Balaban J connectivity index is 1.53. The standard InChI is InChI=1S/C28H33N5O2/c1-20-18-32(19-30-20)24-12-10-21(17-25(24)34-3)16-22-11-13-26-29-15-14-28(2,23-8-6-5-7-9-23)33(26)27(22)31-35-4/h5-10,12,16-19,27,31H,11,13-15H2,1-4H3/b22-16+. The van der Waals surface area contributed by atoms with Crippen LogP contribution in [-0.4, -0.2) is 47.2 Å². The zero-order valence-electron chi connectivity index (χ0n) is 20.9. The first-order valence-electron chi connectivity index (χ1n) is 12.1. The van der Waals surface area contributed by atoms with Crippen molar-refractivity contribution in [1.29, 1.82) is 0 Å². The van der Waals surface area contributed by atoms with Gasteiger partial charge in [0.1, 0.15) is 17.8 Å². The summed E-state index contributed by atoms with van der Waals surface area (Å²) in [5.41, 5.74) is 8.65. The Morgan fingerprint density at radius 3 is 2.66 bits per heavy atom. The first-order valence-corrected chi connectivity index (χ1v) is 12.1. The van der Waals surface area contributed by atoms with E-state index in [1.807, 2.05) is 24.0 Å². The molecular weight excluding hydrogens is 438 g/mol. The number of rotatable bonds is 6. The minimum absolute atomic E-state index is 0.125. The number of hydroxylamine groups is 1. The van der Waals surface area contributed by atoms with Gasteiger partial charge in [0.15, 0.2) is 0 Å². The van der Waals surface area contributed by atoms with Crippen LogP contribution < -0.4 is 10.2 Å². The average Bonchev–Trinajstić information content (AvgIpc) is 3.32. The summed E-state index contributed by atoms with van der Waals surface area (Å²) in [4.78, 5) is 17.2. The van der Waals surface area contributed by atoms with Crippen LogP contribution in [0.3, 0.4) is 0 Å². The predicted octanol–water partition coefficient (Wildman–Crippen LogP) is 4.86. The minimum atomic E-state index is -0.186. The molecule has 0 bridgehead atoms. The quantitative estimate of drug-likeness (QED) is 0.520. The summed E-state index contributed by atoms with van der Waals surface area (Å²) < 4.78 is 7.73. The van der Waals surface area contributed by atoms with Crippen LogP contribution in [0, 0.1) is 6.92 Å². The van der Waals surface area contributed by atoms with E-state index in [0.29, 0.717) is 0 Å². The van der Waals surface area contributed by atoms with E-state index in [2.05, 4.69) is 76.9 Å². The molecular formula is C28H33N5O2. The van der Waals surface area contributed by atoms with E-state index in [4.69, 9.17) is 14.6 Å². The van der Waals surface area contributed by atoms with E-state index in [-0.39, 0.29) is 11.7 Å². The lowest BCUT2D eigenvalue weighted by atomic mass is 9.81. The first-order chi connectivity index (χ1) is 17.0. The van der Waals surface area contributed by atoms with Gasteiger partial charge in [0, 0.05) is 19.2 Å². The maximum Gasteiger partial charge on any atom is 0.143 e. The number of methoxy groups -OCH3 is 1. The number of ether oxygens (including phenoxy) is 1. The molecule has 182 valence electrons. The van der Waals surface area contributed by atoms with Crippen LogP contribution in [0.1, 0.15) is 43.0 Å². The molecule has 2 unspecified atom stereocenters. The molecule has 0 spiro atoms. The molecule has 2 aliphatic rings. The second kappa shape index (κ2) is 9.68. The Hall–Kier alpha value is -3.42. The fourth-order valence-corrected chi connectivity index (χ4v) is 5.31. The number of benzene rings is 2. The normalized spacial score (nSPS) is 23.2. The monoisotopic (exact) mass is 471 g/mol. The lowest BCUT2D eigenvalue weighted by Crippen LogP contribution is -2.62. The van der Waals surface area contributed by atoms with Crippen molar-refractivity contribution in [2.24, 2.45) is 4.99 Å². The summed E-state index contributed by atoms with van der Waals surface area (Å²) in [5.74, 6) is 1.94. The van der Waals surface area contributed by atoms with E-state index in [9.17, 15) is 0 Å². The Morgan fingerprint density at radius 2 is 1.94 bits per heavy atom. The van der Waals surface area contributed by atoms with Gasteiger partial charge in [-0.1, -0.05) is 42.5 Å². The molecule has 0 amide bonds. The average molecular weight is 472 g/mol. The molecule has 7 heteroatoms. The summed E-state index contributed by atoms with van der Waals surface area (Å²) in [7, 11) is 3.38. The lowest BCUT2D eigenvalue weighted by molar-refractivity contribution is -0.00946. The molecule has 1 aromatic heterocycles. The van der Waals surface area contributed by atoms with Crippen LogP contribution in [-0.2, 0) is 10.4 Å². The van der Waals surface area contributed by atoms with Crippen LogP contribution in [0.5, 0.6) is 5.75 Å². The Morgan fingerprint density at radius 1 is 1.11 bits per heavy atom. The van der Waals surface area contributed by atoms with E-state index in [1.54, 1.807) is 14.2 Å². The molecule has 7 nitrogen and oxygen atoms in total. The smallest absolute Gasteiger partial charge is 0.143 e. The number of imidazole rings is 1. The van der Waals surface area contributed by atoms with Crippen molar-refractivity contribution in [1.82, 2.24) is 19.9 Å². The van der Waals surface area contributed by atoms with Gasteiger partial charge >= 0.3 is 0 Å². The molecule has 1 N–H and O–H groups in total. The zero-order valence-corrected chi connectivity index (χ0v) is 20.9. The topological polar surface area (TPSA) is 63.9 Å². The maximum absolute atomic E-state index is 5.74. The Kier molecular flexibility index (Phi) is 6.45. The molecule has 35 heavy (non-hydrogen) atoms. The van der Waals surface area contributed by atoms with Gasteiger partial charge in [-0.05, 0) is 55.5 Å². The second-order valence-electron chi connectivity index (χ2n) is 9.36. The fraction of sp³-hybridized carbons (Fsp3) is 0.357. The molecule has 2 aromatic carbocycles.